The zero-order chi connectivity index (χ0) is 8.20. The molecule has 0 rings (SSSR count). The number of rotatable bonds is 3. The molecule has 0 fully saturated rings. The minimum atomic E-state index is -3.91. The normalized spacial score (nSPS) is 13.7. The quantitative estimate of drug-likeness (QED) is 0.644. The van der Waals surface area contributed by atoms with Crippen molar-refractivity contribution in [3.63, 3.8) is 0 Å². The van der Waals surface area contributed by atoms with Gasteiger partial charge in [-0.1, -0.05) is 19.4 Å². The summed E-state index contributed by atoms with van der Waals surface area (Å²) in [7, 11) is -3.91. The second-order valence-corrected chi connectivity index (χ2v) is 3.67. The van der Waals surface area contributed by atoms with Gasteiger partial charge in [0.25, 0.3) is 10.1 Å². The molecule has 0 radical (unpaired) electrons. The second-order valence-electron chi connectivity index (χ2n) is 2.08. The molecule has 0 saturated carbocycles. The molecule has 3 nitrogen and oxygen atoms in total. The van der Waals surface area contributed by atoms with Crippen LogP contribution in [-0.4, -0.2) is 13.0 Å². The molecule has 0 aliphatic heterocycles. The third kappa shape index (κ3) is 3.63. The van der Waals surface area contributed by atoms with E-state index < -0.39 is 10.1 Å². The fourth-order valence-electron chi connectivity index (χ4n) is 0.453. The van der Waals surface area contributed by atoms with Gasteiger partial charge >= 0.3 is 0 Å². The van der Waals surface area contributed by atoms with Gasteiger partial charge in [0.15, 0.2) is 0 Å². The molecule has 0 aromatic heterocycles. The highest BCUT2D eigenvalue weighted by molar-refractivity contribution is 7.89. The van der Waals surface area contributed by atoms with E-state index in [1.807, 2.05) is 6.92 Å². The highest BCUT2D eigenvalue weighted by Gasteiger charge is 2.05. The molecule has 60 valence electrons. The molecular weight excluding hydrogens is 152 g/mol. The SMILES string of the molecule is CCC/C=C(\C)S(=O)(=O)O. The van der Waals surface area contributed by atoms with E-state index in [9.17, 15) is 8.42 Å². The number of hydrogen-bond acceptors (Lipinski definition) is 2. The van der Waals surface area contributed by atoms with Crippen LogP contribution in [0.4, 0.5) is 0 Å². The zero-order valence-electron chi connectivity index (χ0n) is 6.16. The smallest absolute Gasteiger partial charge is 0.282 e. The molecule has 1 N–H and O–H groups in total. The first-order valence-corrected chi connectivity index (χ1v) is 4.56. The lowest BCUT2D eigenvalue weighted by atomic mass is 10.3. The van der Waals surface area contributed by atoms with Crippen LogP contribution in [0.25, 0.3) is 0 Å². The summed E-state index contributed by atoms with van der Waals surface area (Å²) >= 11 is 0. The molecule has 0 saturated heterocycles. The van der Waals surface area contributed by atoms with Crippen LogP contribution in [0.15, 0.2) is 11.0 Å². The van der Waals surface area contributed by atoms with Crippen molar-refractivity contribution < 1.29 is 13.0 Å². The minimum absolute atomic E-state index is 0.0364. The molecule has 0 aromatic rings. The zero-order valence-corrected chi connectivity index (χ0v) is 6.98. The number of unbranched alkanes of at least 4 members (excludes halogenated alkanes) is 1. The molecule has 0 atom stereocenters. The van der Waals surface area contributed by atoms with Gasteiger partial charge in [-0.15, -0.1) is 0 Å². The third-order valence-electron chi connectivity index (χ3n) is 1.13. The van der Waals surface area contributed by atoms with E-state index in [4.69, 9.17) is 4.55 Å². The predicted octanol–water partition coefficient (Wildman–Crippen LogP) is 1.58. The highest BCUT2D eigenvalue weighted by Crippen LogP contribution is 2.04. The van der Waals surface area contributed by atoms with E-state index in [-0.39, 0.29) is 4.91 Å². The highest BCUT2D eigenvalue weighted by atomic mass is 32.2. The Morgan fingerprint density at radius 1 is 1.60 bits per heavy atom. The lowest BCUT2D eigenvalue weighted by molar-refractivity contribution is 0.490. The Bertz CT molecular complexity index is 213. The van der Waals surface area contributed by atoms with Gasteiger partial charge in [0.1, 0.15) is 0 Å². The van der Waals surface area contributed by atoms with Gasteiger partial charge in [0.05, 0.1) is 4.91 Å². The minimum Gasteiger partial charge on any atom is -0.282 e. The first kappa shape index (κ1) is 9.65. The Morgan fingerprint density at radius 3 is 2.40 bits per heavy atom. The molecule has 0 unspecified atom stereocenters. The van der Waals surface area contributed by atoms with Crippen LogP contribution in [0.2, 0.25) is 0 Å². The standard InChI is InChI=1S/C6H12O3S/c1-3-4-5-6(2)10(7,8)9/h5H,3-4H2,1-2H3,(H,7,8,9)/b6-5+. The maximum Gasteiger partial charge on any atom is 0.290 e. The topological polar surface area (TPSA) is 54.4 Å². The van der Waals surface area contributed by atoms with E-state index >= 15 is 0 Å². The first-order valence-electron chi connectivity index (χ1n) is 3.12. The maximum absolute atomic E-state index is 10.3. The van der Waals surface area contributed by atoms with E-state index in [0.717, 1.165) is 6.42 Å². The lowest BCUT2D eigenvalue weighted by Gasteiger charge is -1.93. The Labute approximate surface area is 61.5 Å². The number of hydrogen-bond donors (Lipinski definition) is 1. The van der Waals surface area contributed by atoms with Crippen molar-refractivity contribution in [3.8, 4) is 0 Å². The second kappa shape index (κ2) is 3.73. The summed E-state index contributed by atoms with van der Waals surface area (Å²) in [6, 6.07) is 0. The Hall–Kier alpha value is -0.350. The van der Waals surface area contributed by atoms with Crippen LogP contribution in [0, 0.1) is 0 Å². The van der Waals surface area contributed by atoms with Crippen molar-refractivity contribution in [2.75, 3.05) is 0 Å². The van der Waals surface area contributed by atoms with Crippen LogP contribution >= 0.6 is 0 Å². The van der Waals surface area contributed by atoms with Crippen LogP contribution in [0.3, 0.4) is 0 Å². The van der Waals surface area contributed by atoms with Gasteiger partial charge in [0, 0.05) is 0 Å². The molecular formula is C6H12O3S. The molecule has 10 heavy (non-hydrogen) atoms. The molecule has 0 heterocycles. The van der Waals surface area contributed by atoms with Crippen LogP contribution in [0.1, 0.15) is 26.7 Å². The first-order chi connectivity index (χ1) is 4.48. The van der Waals surface area contributed by atoms with Crippen molar-refractivity contribution in [2.45, 2.75) is 26.7 Å². The van der Waals surface area contributed by atoms with Crippen LogP contribution < -0.4 is 0 Å². The molecule has 0 aliphatic rings. The fraction of sp³-hybridized carbons (Fsp3) is 0.667. The molecule has 0 spiro atoms. The summed E-state index contributed by atoms with van der Waals surface area (Å²) in [5.74, 6) is 0. The Kier molecular flexibility index (Phi) is 3.60. The van der Waals surface area contributed by atoms with Crippen LogP contribution in [-0.2, 0) is 10.1 Å². The lowest BCUT2D eigenvalue weighted by Crippen LogP contribution is -1.97. The summed E-state index contributed by atoms with van der Waals surface area (Å²) in [5.41, 5.74) is 0. The molecule has 0 bridgehead atoms. The van der Waals surface area contributed by atoms with Gasteiger partial charge in [0.2, 0.25) is 0 Å². The van der Waals surface area contributed by atoms with Gasteiger partial charge < -0.3 is 0 Å². The van der Waals surface area contributed by atoms with Gasteiger partial charge in [-0.25, -0.2) is 0 Å². The van der Waals surface area contributed by atoms with Gasteiger partial charge in [-0.2, -0.15) is 8.42 Å². The Balaban J connectivity index is 4.22. The van der Waals surface area contributed by atoms with Gasteiger partial charge in [-0.05, 0) is 13.3 Å². The van der Waals surface area contributed by atoms with Crippen molar-refractivity contribution >= 4 is 10.1 Å². The molecule has 0 aliphatic carbocycles. The van der Waals surface area contributed by atoms with Crippen molar-refractivity contribution in [1.82, 2.24) is 0 Å². The summed E-state index contributed by atoms with van der Waals surface area (Å²) in [5, 5.41) is 0. The van der Waals surface area contributed by atoms with Crippen molar-refractivity contribution in [2.24, 2.45) is 0 Å². The maximum atomic E-state index is 10.3. The van der Waals surface area contributed by atoms with E-state index in [1.165, 1.54) is 13.0 Å². The monoisotopic (exact) mass is 164 g/mol. The predicted molar refractivity (Wildman–Crippen MR) is 40.2 cm³/mol. The molecule has 0 aromatic carbocycles. The van der Waals surface area contributed by atoms with E-state index in [1.54, 1.807) is 0 Å². The largest absolute Gasteiger partial charge is 0.290 e. The van der Waals surface area contributed by atoms with Gasteiger partial charge in [-0.3, -0.25) is 4.55 Å². The average Bonchev–Trinajstić information content (AvgIpc) is 1.80. The summed E-state index contributed by atoms with van der Waals surface area (Å²) in [6.45, 7) is 3.32. The van der Waals surface area contributed by atoms with E-state index in [2.05, 4.69) is 0 Å². The molecule has 4 heteroatoms. The Morgan fingerprint density at radius 2 is 2.10 bits per heavy atom. The number of allylic oxidation sites excluding steroid dienone is 2. The van der Waals surface area contributed by atoms with Crippen LogP contribution in [0.5, 0.6) is 0 Å². The fourth-order valence-corrected chi connectivity index (χ4v) is 0.781. The summed E-state index contributed by atoms with van der Waals surface area (Å²) in [6.07, 6.45) is 3.08. The summed E-state index contributed by atoms with van der Waals surface area (Å²) in [4.78, 5) is 0.0364. The average molecular weight is 164 g/mol. The van der Waals surface area contributed by atoms with Crippen molar-refractivity contribution in [1.29, 1.82) is 0 Å². The third-order valence-corrected chi connectivity index (χ3v) is 2.11. The van der Waals surface area contributed by atoms with Crippen molar-refractivity contribution in [3.05, 3.63) is 11.0 Å². The van der Waals surface area contributed by atoms with E-state index in [0.29, 0.717) is 6.42 Å². The summed E-state index contributed by atoms with van der Waals surface area (Å²) < 4.78 is 29.1. The molecule has 0 amide bonds.